The number of phenolic OH excluding ortho intramolecular Hbond substituents is 1. The molecule has 3 aromatic rings. The topological polar surface area (TPSA) is 76.7 Å². The molecule has 0 radical (unpaired) electrons. The summed E-state index contributed by atoms with van der Waals surface area (Å²) in [6.45, 7) is 3.52. The zero-order valence-corrected chi connectivity index (χ0v) is 18.1. The molecule has 29 heavy (non-hydrogen) atoms. The van der Waals surface area contributed by atoms with E-state index in [4.69, 9.17) is 20.8 Å². The van der Waals surface area contributed by atoms with Gasteiger partial charge in [0.05, 0.1) is 10.6 Å². The highest BCUT2D eigenvalue weighted by atomic mass is 79.9. The fourth-order valence-corrected chi connectivity index (χ4v) is 3.99. The lowest BCUT2D eigenvalue weighted by Gasteiger charge is -2.34. The van der Waals surface area contributed by atoms with Gasteiger partial charge in [0.25, 0.3) is 0 Å². The third kappa shape index (κ3) is 3.67. The lowest BCUT2D eigenvalue weighted by Crippen LogP contribution is -2.37. The van der Waals surface area contributed by atoms with E-state index in [9.17, 15) is 14.7 Å². The molecule has 1 aliphatic carbocycles. The molecule has 4 rings (SSSR count). The molecular weight excluding hydrogens is 460 g/mol. The Balaban J connectivity index is 1.81. The van der Waals surface area contributed by atoms with E-state index < -0.39 is 5.43 Å². The molecule has 7 heteroatoms. The number of aryl methyl sites for hydroxylation is 1. The Morgan fingerprint density at radius 3 is 2.69 bits per heavy atom. The number of phenols is 1. The largest absolute Gasteiger partial charge is 0.507 e. The molecular formula is C22H18BrClO5. The number of halogens is 2. The summed E-state index contributed by atoms with van der Waals surface area (Å²) >= 11 is 9.72. The standard InChI is InChI=1S/C22H18BrClO5/c1-10-5-14(19(8-15(10)23)28-13-6-12(7-13)11(2)25)20-9-18(27)21-17(26)4-3-16(24)22(21)29-20/h3-5,8-9,12-13,26H,6-7H2,1-2H3. The van der Waals surface area contributed by atoms with Crippen molar-refractivity contribution >= 4 is 44.3 Å². The van der Waals surface area contributed by atoms with Gasteiger partial charge in [-0.2, -0.15) is 0 Å². The van der Waals surface area contributed by atoms with Crippen molar-refractivity contribution in [2.45, 2.75) is 32.8 Å². The van der Waals surface area contributed by atoms with Crippen LogP contribution in [-0.4, -0.2) is 17.0 Å². The Hall–Kier alpha value is -2.31. The summed E-state index contributed by atoms with van der Waals surface area (Å²) in [6, 6.07) is 7.86. The number of carbonyl (C=O) groups is 1. The lowest BCUT2D eigenvalue weighted by molar-refractivity contribution is -0.126. The Morgan fingerprint density at radius 1 is 1.28 bits per heavy atom. The zero-order chi connectivity index (χ0) is 20.9. The van der Waals surface area contributed by atoms with Gasteiger partial charge >= 0.3 is 0 Å². The summed E-state index contributed by atoms with van der Waals surface area (Å²) in [5.41, 5.74) is 1.27. The third-order valence-electron chi connectivity index (χ3n) is 5.30. The van der Waals surface area contributed by atoms with Crippen molar-refractivity contribution < 1.29 is 19.1 Å². The molecule has 0 spiro atoms. The maximum atomic E-state index is 12.7. The number of ether oxygens (including phenoxy) is 1. The molecule has 0 unspecified atom stereocenters. The molecule has 2 aromatic carbocycles. The second-order valence-corrected chi connectivity index (χ2v) is 8.62. The normalized spacial score (nSPS) is 18.5. The van der Waals surface area contributed by atoms with Gasteiger partial charge in [0.1, 0.15) is 34.5 Å². The van der Waals surface area contributed by atoms with Crippen LogP contribution in [0.5, 0.6) is 11.5 Å². The summed E-state index contributed by atoms with van der Waals surface area (Å²) in [5, 5.41) is 10.3. The van der Waals surface area contributed by atoms with E-state index in [-0.39, 0.29) is 39.5 Å². The van der Waals surface area contributed by atoms with Crippen LogP contribution in [0.3, 0.4) is 0 Å². The summed E-state index contributed by atoms with van der Waals surface area (Å²) in [4.78, 5) is 24.1. The lowest BCUT2D eigenvalue weighted by atomic mass is 9.80. The molecule has 1 aromatic heterocycles. The quantitative estimate of drug-likeness (QED) is 0.526. The summed E-state index contributed by atoms with van der Waals surface area (Å²) in [6.07, 6.45) is 1.26. The van der Waals surface area contributed by atoms with E-state index in [1.54, 1.807) is 6.92 Å². The highest BCUT2D eigenvalue weighted by molar-refractivity contribution is 9.10. The molecule has 0 saturated heterocycles. The number of fused-ring (bicyclic) bond motifs is 1. The number of ketones is 1. The van der Waals surface area contributed by atoms with E-state index in [0.717, 1.165) is 10.0 Å². The Kier molecular flexibility index (Phi) is 5.17. The Morgan fingerprint density at radius 2 is 2.00 bits per heavy atom. The van der Waals surface area contributed by atoms with Crippen LogP contribution >= 0.6 is 27.5 Å². The summed E-state index contributed by atoms with van der Waals surface area (Å²) < 4.78 is 12.9. The van der Waals surface area contributed by atoms with E-state index in [1.807, 2.05) is 19.1 Å². The number of benzene rings is 2. The van der Waals surface area contributed by atoms with Crippen LogP contribution in [0.1, 0.15) is 25.3 Å². The van der Waals surface area contributed by atoms with Crippen LogP contribution in [0.4, 0.5) is 0 Å². The first kappa shape index (κ1) is 20.0. The van der Waals surface area contributed by atoms with Crippen LogP contribution in [0.25, 0.3) is 22.3 Å². The molecule has 1 fully saturated rings. The molecule has 1 saturated carbocycles. The van der Waals surface area contributed by atoms with Crippen LogP contribution in [0.15, 0.2) is 44.0 Å². The molecule has 0 atom stereocenters. The maximum absolute atomic E-state index is 12.7. The fraction of sp³-hybridized carbons (Fsp3) is 0.273. The third-order valence-corrected chi connectivity index (χ3v) is 6.45. The molecule has 150 valence electrons. The first-order valence-electron chi connectivity index (χ1n) is 9.17. The Bertz CT molecular complexity index is 1190. The van der Waals surface area contributed by atoms with Gasteiger partial charge in [-0.3, -0.25) is 9.59 Å². The molecule has 1 heterocycles. The van der Waals surface area contributed by atoms with Gasteiger partial charge in [0.15, 0.2) is 11.0 Å². The second-order valence-electron chi connectivity index (χ2n) is 7.36. The van der Waals surface area contributed by atoms with Crippen molar-refractivity contribution in [3.63, 3.8) is 0 Å². The van der Waals surface area contributed by atoms with Crippen molar-refractivity contribution in [3.8, 4) is 22.8 Å². The second kappa shape index (κ2) is 7.50. The number of rotatable bonds is 4. The van der Waals surface area contributed by atoms with Crippen molar-refractivity contribution in [1.82, 2.24) is 0 Å². The van der Waals surface area contributed by atoms with Crippen molar-refractivity contribution in [2.24, 2.45) is 5.92 Å². The summed E-state index contributed by atoms with van der Waals surface area (Å²) in [5.74, 6) is 0.872. The van der Waals surface area contributed by atoms with Gasteiger partial charge in [-0.25, -0.2) is 0 Å². The minimum Gasteiger partial charge on any atom is -0.507 e. The van der Waals surface area contributed by atoms with Crippen molar-refractivity contribution in [3.05, 3.63) is 55.6 Å². The molecule has 0 aliphatic heterocycles. The smallest absolute Gasteiger partial charge is 0.197 e. The molecule has 0 amide bonds. The van der Waals surface area contributed by atoms with Crippen LogP contribution < -0.4 is 10.2 Å². The zero-order valence-electron chi connectivity index (χ0n) is 15.8. The SMILES string of the molecule is CC(=O)C1CC(Oc2cc(Br)c(C)cc2-c2cc(=O)c3c(O)ccc(Cl)c3o2)C1. The monoisotopic (exact) mass is 476 g/mol. The minimum absolute atomic E-state index is 0.0396. The van der Waals surface area contributed by atoms with Gasteiger partial charge < -0.3 is 14.3 Å². The van der Waals surface area contributed by atoms with Crippen LogP contribution in [-0.2, 0) is 4.79 Å². The van der Waals surface area contributed by atoms with Gasteiger partial charge in [-0.15, -0.1) is 0 Å². The van der Waals surface area contributed by atoms with E-state index in [1.165, 1.54) is 18.2 Å². The average molecular weight is 478 g/mol. The van der Waals surface area contributed by atoms with Gasteiger partial charge in [-0.05, 0) is 56.5 Å². The molecule has 5 nitrogen and oxygen atoms in total. The first-order chi connectivity index (χ1) is 13.7. The number of aromatic hydroxyl groups is 1. The Labute approximate surface area is 180 Å². The molecule has 0 bridgehead atoms. The summed E-state index contributed by atoms with van der Waals surface area (Å²) in [7, 11) is 0. The highest BCUT2D eigenvalue weighted by Gasteiger charge is 2.34. The van der Waals surface area contributed by atoms with E-state index in [0.29, 0.717) is 29.9 Å². The van der Waals surface area contributed by atoms with E-state index >= 15 is 0 Å². The highest BCUT2D eigenvalue weighted by Crippen LogP contribution is 2.40. The maximum Gasteiger partial charge on any atom is 0.197 e. The molecule has 1 N–H and O–H groups in total. The minimum atomic E-state index is -0.395. The van der Waals surface area contributed by atoms with Crippen LogP contribution in [0.2, 0.25) is 5.02 Å². The van der Waals surface area contributed by atoms with Crippen LogP contribution in [0, 0.1) is 12.8 Å². The van der Waals surface area contributed by atoms with Gasteiger partial charge in [-0.1, -0.05) is 27.5 Å². The predicted molar refractivity (Wildman–Crippen MR) is 115 cm³/mol. The van der Waals surface area contributed by atoms with E-state index in [2.05, 4.69) is 15.9 Å². The number of carbonyl (C=O) groups excluding carboxylic acids is 1. The van der Waals surface area contributed by atoms with Gasteiger partial charge in [0.2, 0.25) is 0 Å². The van der Waals surface area contributed by atoms with Crippen molar-refractivity contribution in [2.75, 3.05) is 0 Å². The number of hydrogen-bond donors (Lipinski definition) is 1. The van der Waals surface area contributed by atoms with Crippen molar-refractivity contribution in [1.29, 1.82) is 0 Å². The van der Waals surface area contributed by atoms with Gasteiger partial charge in [0, 0.05) is 16.5 Å². The number of Topliss-reactive ketones (excluding diaryl/α,β-unsaturated/α-hetero) is 1. The molecule has 1 aliphatic rings. The fourth-order valence-electron chi connectivity index (χ4n) is 3.47. The first-order valence-corrected chi connectivity index (χ1v) is 10.3. The predicted octanol–water partition coefficient (Wildman–Crippen LogP) is 5.64. The average Bonchev–Trinajstić information content (AvgIpc) is 2.62. The number of hydrogen-bond acceptors (Lipinski definition) is 5.